The second-order valence-corrected chi connectivity index (χ2v) is 5.18. The van der Waals surface area contributed by atoms with Crippen molar-refractivity contribution in [2.75, 3.05) is 11.9 Å². The van der Waals surface area contributed by atoms with Gasteiger partial charge in [0.1, 0.15) is 17.9 Å². The molecule has 0 amide bonds. The van der Waals surface area contributed by atoms with E-state index in [1.807, 2.05) is 19.9 Å². The zero-order valence-electron chi connectivity index (χ0n) is 10.6. The first-order valence-electron chi connectivity index (χ1n) is 5.80. The Bertz CT molecular complexity index is 592. The van der Waals surface area contributed by atoms with Crippen LogP contribution in [0.25, 0.3) is 0 Å². The van der Waals surface area contributed by atoms with E-state index < -0.39 is 0 Å². The Morgan fingerprint density at radius 2 is 2.16 bits per heavy atom. The zero-order valence-corrected chi connectivity index (χ0v) is 12.9. The fourth-order valence-electron chi connectivity index (χ4n) is 1.54. The molecule has 0 bridgehead atoms. The lowest BCUT2D eigenvalue weighted by molar-refractivity contribution is 0.458. The lowest BCUT2D eigenvalue weighted by Crippen LogP contribution is -2.03. The SMILES string of the molecule is CCNc1ncnc(Oc2ccc(Br)cc2Cl)c1C. The van der Waals surface area contributed by atoms with E-state index in [1.54, 1.807) is 12.1 Å². The number of hydrogen-bond donors (Lipinski definition) is 1. The predicted molar refractivity (Wildman–Crippen MR) is 80.2 cm³/mol. The summed E-state index contributed by atoms with van der Waals surface area (Å²) in [4.78, 5) is 8.30. The monoisotopic (exact) mass is 341 g/mol. The van der Waals surface area contributed by atoms with Crippen LogP contribution in [-0.4, -0.2) is 16.5 Å². The molecule has 2 rings (SSSR count). The molecule has 19 heavy (non-hydrogen) atoms. The first-order valence-corrected chi connectivity index (χ1v) is 6.97. The standard InChI is InChI=1S/C13H13BrClN3O/c1-3-16-12-8(2)13(18-7-17-12)19-11-5-4-9(14)6-10(11)15/h4-7H,3H2,1-2H3,(H,16,17,18). The van der Waals surface area contributed by atoms with Crippen molar-refractivity contribution in [3.05, 3.63) is 39.6 Å². The van der Waals surface area contributed by atoms with Crippen LogP contribution in [-0.2, 0) is 0 Å². The average Bonchev–Trinajstić information content (AvgIpc) is 2.37. The Kier molecular flexibility index (Phi) is 4.61. The Hall–Kier alpha value is -1.33. The van der Waals surface area contributed by atoms with Gasteiger partial charge in [0.25, 0.3) is 0 Å². The predicted octanol–water partition coefficient (Wildman–Crippen LogP) is 4.43. The van der Waals surface area contributed by atoms with E-state index in [-0.39, 0.29) is 0 Å². The summed E-state index contributed by atoms with van der Waals surface area (Å²) in [7, 11) is 0. The lowest BCUT2D eigenvalue weighted by atomic mass is 10.3. The maximum absolute atomic E-state index is 6.12. The van der Waals surface area contributed by atoms with Crippen molar-refractivity contribution < 1.29 is 4.74 Å². The Labute approximate surface area is 125 Å². The summed E-state index contributed by atoms with van der Waals surface area (Å²) in [5.74, 6) is 1.82. The normalized spacial score (nSPS) is 10.3. The molecule has 0 spiro atoms. The van der Waals surface area contributed by atoms with Crippen molar-refractivity contribution in [1.82, 2.24) is 9.97 Å². The molecule has 0 saturated heterocycles. The minimum absolute atomic E-state index is 0.496. The molecule has 0 aliphatic heterocycles. The molecule has 1 aromatic carbocycles. The maximum Gasteiger partial charge on any atom is 0.227 e. The van der Waals surface area contributed by atoms with Gasteiger partial charge in [-0.15, -0.1) is 0 Å². The molecule has 0 saturated carbocycles. The Morgan fingerprint density at radius 1 is 1.37 bits per heavy atom. The van der Waals surface area contributed by atoms with Crippen molar-refractivity contribution in [2.45, 2.75) is 13.8 Å². The highest BCUT2D eigenvalue weighted by molar-refractivity contribution is 9.10. The first-order chi connectivity index (χ1) is 9.11. The molecule has 0 aliphatic carbocycles. The van der Waals surface area contributed by atoms with Crippen molar-refractivity contribution in [3.63, 3.8) is 0 Å². The van der Waals surface area contributed by atoms with Crippen LogP contribution in [0.4, 0.5) is 5.82 Å². The first kappa shape index (κ1) is 14.1. The highest BCUT2D eigenvalue weighted by Crippen LogP contribution is 2.33. The highest BCUT2D eigenvalue weighted by atomic mass is 79.9. The summed E-state index contributed by atoms with van der Waals surface area (Å²) < 4.78 is 6.64. The van der Waals surface area contributed by atoms with Gasteiger partial charge in [0.15, 0.2) is 0 Å². The molecule has 1 heterocycles. The maximum atomic E-state index is 6.12. The third kappa shape index (κ3) is 3.36. The van der Waals surface area contributed by atoms with Crippen LogP contribution in [0.1, 0.15) is 12.5 Å². The molecule has 0 aliphatic rings. The van der Waals surface area contributed by atoms with E-state index in [1.165, 1.54) is 6.33 Å². The van der Waals surface area contributed by atoms with E-state index in [0.717, 1.165) is 22.4 Å². The number of halogens is 2. The van der Waals surface area contributed by atoms with Crippen molar-refractivity contribution in [3.8, 4) is 11.6 Å². The van der Waals surface area contributed by atoms with Gasteiger partial charge in [0.2, 0.25) is 5.88 Å². The largest absolute Gasteiger partial charge is 0.437 e. The van der Waals surface area contributed by atoms with Crippen LogP contribution >= 0.6 is 27.5 Å². The average molecular weight is 343 g/mol. The second kappa shape index (κ2) is 6.21. The molecule has 0 atom stereocenters. The van der Waals surface area contributed by atoms with Gasteiger partial charge >= 0.3 is 0 Å². The molecule has 1 N–H and O–H groups in total. The van der Waals surface area contributed by atoms with Gasteiger partial charge in [0.05, 0.1) is 10.6 Å². The van der Waals surface area contributed by atoms with Gasteiger partial charge in [0, 0.05) is 11.0 Å². The second-order valence-electron chi connectivity index (χ2n) is 3.86. The van der Waals surface area contributed by atoms with E-state index in [0.29, 0.717) is 16.7 Å². The summed E-state index contributed by atoms with van der Waals surface area (Å²) in [5.41, 5.74) is 0.850. The summed E-state index contributed by atoms with van der Waals surface area (Å²) in [6, 6.07) is 5.43. The summed E-state index contributed by atoms with van der Waals surface area (Å²) >= 11 is 9.47. The summed E-state index contributed by atoms with van der Waals surface area (Å²) in [5, 5.41) is 3.68. The lowest BCUT2D eigenvalue weighted by Gasteiger charge is -2.11. The Balaban J connectivity index is 2.30. The van der Waals surface area contributed by atoms with Crippen molar-refractivity contribution >= 4 is 33.3 Å². The zero-order chi connectivity index (χ0) is 13.8. The molecule has 1 aromatic heterocycles. The third-order valence-electron chi connectivity index (χ3n) is 2.48. The highest BCUT2D eigenvalue weighted by Gasteiger charge is 2.10. The van der Waals surface area contributed by atoms with Gasteiger partial charge in [-0.05, 0) is 32.0 Å². The van der Waals surface area contributed by atoms with Gasteiger partial charge in [-0.1, -0.05) is 27.5 Å². The van der Waals surface area contributed by atoms with Gasteiger partial charge < -0.3 is 10.1 Å². The van der Waals surface area contributed by atoms with E-state index >= 15 is 0 Å². The van der Waals surface area contributed by atoms with Gasteiger partial charge in [-0.25, -0.2) is 9.97 Å². The fraction of sp³-hybridized carbons (Fsp3) is 0.231. The van der Waals surface area contributed by atoms with Crippen LogP contribution in [0.3, 0.4) is 0 Å². The van der Waals surface area contributed by atoms with Gasteiger partial charge in [-0.2, -0.15) is 0 Å². The van der Waals surface area contributed by atoms with Crippen LogP contribution in [0, 0.1) is 6.92 Å². The third-order valence-corrected chi connectivity index (χ3v) is 3.27. The van der Waals surface area contributed by atoms with Crippen molar-refractivity contribution in [2.24, 2.45) is 0 Å². The van der Waals surface area contributed by atoms with E-state index in [4.69, 9.17) is 16.3 Å². The number of ether oxygens (including phenoxy) is 1. The molecule has 6 heteroatoms. The molecular weight excluding hydrogens is 330 g/mol. The number of nitrogens with one attached hydrogen (secondary N) is 1. The van der Waals surface area contributed by atoms with Crippen LogP contribution in [0.2, 0.25) is 5.02 Å². The number of benzene rings is 1. The number of aromatic nitrogens is 2. The topological polar surface area (TPSA) is 47.0 Å². The minimum Gasteiger partial charge on any atom is -0.437 e. The van der Waals surface area contributed by atoms with Crippen LogP contribution in [0.15, 0.2) is 29.0 Å². The Morgan fingerprint density at radius 3 is 2.84 bits per heavy atom. The molecule has 4 nitrogen and oxygen atoms in total. The smallest absolute Gasteiger partial charge is 0.227 e. The summed E-state index contributed by atoms with van der Waals surface area (Å²) in [6.45, 7) is 4.70. The molecular formula is C13H13BrClN3O. The summed E-state index contributed by atoms with van der Waals surface area (Å²) in [6.07, 6.45) is 1.47. The molecule has 2 aromatic rings. The van der Waals surface area contributed by atoms with Gasteiger partial charge in [-0.3, -0.25) is 0 Å². The van der Waals surface area contributed by atoms with Crippen molar-refractivity contribution in [1.29, 1.82) is 0 Å². The fourth-order valence-corrected chi connectivity index (χ4v) is 2.26. The minimum atomic E-state index is 0.496. The van der Waals surface area contributed by atoms with Crippen LogP contribution in [0.5, 0.6) is 11.6 Å². The molecule has 0 unspecified atom stereocenters. The van der Waals surface area contributed by atoms with E-state index in [9.17, 15) is 0 Å². The quantitative estimate of drug-likeness (QED) is 0.893. The van der Waals surface area contributed by atoms with E-state index in [2.05, 4.69) is 31.2 Å². The number of anilines is 1. The number of rotatable bonds is 4. The molecule has 100 valence electrons. The molecule has 0 fully saturated rings. The molecule has 0 radical (unpaired) electrons. The van der Waals surface area contributed by atoms with Crippen LogP contribution < -0.4 is 10.1 Å². The number of nitrogens with zero attached hydrogens (tertiary/aromatic N) is 2. The number of hydrogen-bond acceptors (Lipinski definition) is 4.